The van der Waals surface area contributed by atoms with E-state index in [1.54, 1.807) is 5.38 Å². The molecule has 7 heteroatoms. The van der Waals surface area contributed by atoms with Gasteiger partial charge in [-0.05, 0) is 32.5 Å². The van der Waals surface area contributed by atoms with Crippen LogP contribution in [0.2, 0.25) is 0 Å². The van der Waals surface area contributed by atoms with Gasteiger partial charge >= 0.3 is 0 Å². The lowest BCUT2D eigenvalue weighted by Gasteiger charge is -2.15. The first-order chi connectivity index (χ1) is 10.6. The van der Waals surface area contributed by atoms with Crippen LogP contribution in [0.15, 0.2) is 29.6 Å². The summed E-state index contributed by atoms with van der Waals surface area (Å²) in [5.74, 6) is 0.616. The lowest BCUT2D eigenvalue weighted by Crippen LogP contribution is -2.33. The van der Waals surface area contributed by atoms with Crippen molar-refractivity contribution in [1.82, 2.24) is 10.3 Å². The number of benzene rings is 1. The van der Waals surface area contributed by atoms with Gasteiger partial charge in [0.1, 0.15) is 17.5 Å². The molecule has 0 bridgehead atoms. The van der Waals surface area contributed by atoms with E-state index in [2.05, 4.69) is 10.3 Å². The summed E-state index contributed by atoms with van der Waals surface area (Å²) in [6.07, 6.45) is 0.582. The van der Waals surface area contributed by atoms with Gasteiger partial charge in [0, 0.05) is 11.8 Å². The quantitative estimate of drug-likeness (QED) is 0.800. The van der Waals surface area contributed by atoms with Gasteiger partial charge in [0.05, 0.1) is 11.6 Å². The Morgan fingerprint density at radius 1 is 1.39 bits per heavy atom. The van der Waals surface area contributed by atoms with Crippen molar-refractivity contribution >= 4 is 29.7 Å². The van der Waals surface area contributed by atoms with E-state index < -0.39 is 0 Å². The third kappa shape index (κ3) is 6.17. The number of halogens is 1. The van der Waals surface area contributed by atoms with Crippen LogP contribution in [0.1, 0.15) is 28.0 Å². The van der Waals surface area contributed by atoms with E-state index in [-0.39, 0.29) is 24.4 Å². The number of carbonyl (C=O) groups excluding carboxylic acids is 1. The van der Waals surface area contributed by atoms with Crippen molar-refractivity contribution in [2.75, 3.05) is 13.1 Å². The van der Waals surface area contributed by atoms with Crippen molar-refractivity contribution in [1.29, 1.82) is 0 Å². The van der Waals surface area contributed by atoms with Gasteiger partial charge in [-0.3, -0.25) is 4.79 Å². The number of thiazole rings is 1. The van der Waals surface area contributed by atoms with E-state index >= 15 is 0 Å². The fourth-order valence-electron chi connectivity index (χ4n) is 1.87. The third-order valence-electron chi connectivity index (χ3n) is 3.05. The molecule has 126 valence electrons. The van der Waals surface area contributed by atoms with Gasteiger partial charge in [-0.2, -0.15) is 0 Å². The number of nitrogens with zero attached hydrogens (tertiary/aromatic N) is 1. The molecule has 1 atom stereocenters. The lowest BCUT2D eigenvalue weighted by molar-refractivity contribution is 0.0927. The van der Waals surface area contributed by atoms with Gasteiger partial charge in [-0.1, -0.05) is 17.7 Å². The maximum atomic E-state index is 12.0. The van der Waals surface area contributed by atoms with Crippen LogP contribution in [-0.2, 0) is 6.42 Å². The summed E-state index contributed by atoms with van der Waals surface area (Å²) in [4.78, 5) is 16.3. The molecule has 3 N–H and O–H groups in total. The topological polar surface area (TPSA) is 77.2 Å². The molecule has 1 aromatic carbocycles. The number of rotatable bonds is 7. The molecule has 5 nitrogen and oxygen atoms in total. The second-order valence-corrected chi connectivity index (χ2v) is 6.06. The molecule has 0 radical (unpaired) electrons. The average molecular weight is 356 g/mol. The summed E-state index contributed by atoms with van der Waals surface area (Å²) < 4.78 is 5.75. The molecule has 0 saturated heterocycles. The average Bonchev–Trinajstić information content (AvgIpc) is 2.96. The minimum atomic E-state index is -0.182. The van der Waals surface area contributed by atoms with E-state index in [4.69, 9.17) is 10.5 Å². The van der Waals surface area contributed by atoms with Crippen LogP contribution in [0.4, 0.5) is 0 Å². The number of hydrogen-bond acceptors (Lipinski definition) is 5. The van der Waals surface area contributed by atoms with E-state index in [0.717, 1.165) is 10.8 Å². The summed E-state index contributed by atoms with van der Waals surface area (Å²) >= 11 is 1.46. The van der Waals surface area contributed by atoms with E-state index in [9.17, 15) is 4.79 Å². The monoisotopic (exact) mass is 355 g/mol. The first-order valence-electron chi connectivity index (χ1n) is 7.24. The summed E-state index contributed by atoms with van der Waals surface area (Å²) in [5.41, 5.74) is 7.10. The SMILES string of the molecule is Cc1ccc(OC(C)CNC(=O)c2csc(CCN)n2)cc1.Cl. The molecule has 2 aromatic rings. The molecular formula is C16H22ClN3O2S. The Hall–Kier alpha value is -1.63. The van der Waals surface area contributed by atoms with Gasteiger partial charge in [-0.15, -0.1) is 23.7 Å². The molecule has 0 saturated carbocycles. The number of aromatic nitrogens is 1. The van der Waals surface area contributed by atoms with E-state index in [1.807, 2.05) is 38.1 Å². The maximum absolute atomic E-state index is 12.0. The highest BCUT2D eigenvalue weighted by Crippen LogP contribution is 2.13. The molecule has 0 aliphatic carbocycles. The standard InChI is InChI=1S/C16H21N3O2S.ClH/c1-11-3-5-13(6-4-11)21-12(2)9-18-16(20)14-10-22-15(19-14)7-8-17;/h3-6,10,12H,7-9,17H2,1-2H3,(H,18,20);1H. The summed E-state index contributed by atoms with van der Waals surface area (Å²) in [5, 5.41) is 5.48. The predicted molar refractivity (Wildman–Crippen MR) is 95.7 cm³/mol. The second-order valence-electron chi connectivity index (χ2n) is 5.12. The smallest absolute Gasteiger partial charge is 0.270 e. The molecule has 1 heterocycles. The zero-order valence-corrected chi connectivity index (χ0v) is 14.9. The van der Waals surface area contributed by atoms with Gasteiger partial charge in [0.25, 0.3) is 5.91 Å². The summed E-state index contributed by atoms with van der Waals surface area (Å²) in [6.45, 7) is 4.91. The largest absolute Gasteiger partial charge is 0.489 e. The first kappa shape index (κ1) is 19.4. The van der Waals surface area contributed by atoms with Crippen molar-refractivity contribution in [3.63, 3.8) is 0 Å². The minimum Gasteiger partial charge on any atom is -0.489 e. The molecule has 0 spiro atoms. The highest BCUT2D eigenvalue weighted by Gasteiger charge is 2.12. The van der Waals surface area contributed by atoms with E-state index in [0.29, 0.717) is 25.2 Å². The number of aryl methyl sites for hydroxylation is 1. The highest BCUT2D eigenvalue weighted by molar-refractivity contribution is 7.09. The normalized spacial score (nSPS) is 11.4. The molecule has 0 aliphatic rings. The predicted octanol–water partition coefficient (Wildman–Crippen LogP) is 2.57. The first-order valence-corrected chi connectivity index (χ1v) is 8.12. The number of nitrogens with one attached hydrogen (secondary N) is 1. The van der Waals surface area contributed by atoms with Crippen LogP contribution in [0.3, 0.4) is 0 Å². The second kappa shape index (κ2) is 9.50. The number of nitrogens with two attached hydrogens (primary N) is 1. The lowest BCUT2D eigenvalue weighted by atomic mass is 10.2. The third-order valence-corrected chi connectivity index (χ3v) is 3.96. The van der Waals surface area contributed by atoms with Crippen LogP contribution in [0.5, 0.6) is 5.75 Å². The number of hydrogen-bond donors (Lipinski definition) is 2. The zero-order chi connectivity index (χ0) is 15.9. The van der Waals surface area contributed by atoms with Crippen LogP contribution in [0, 0.1) is 6.92 Å². The molecule has 1 amide bonds. The molecular weight excluding hydrogens is 334 g/mol. The van der Waals surface area contributed by atoms with Crippen LogP contribution >= 0.6 is 23.7 Å². The fourth-order valence-corrected chi connectivity index (χ4v) is 2.67. The Labute approximate surface area is 146 Å². The van der Waals surface area contributed by atoms with Crippen molar-refractivity contribution in [3.05, 3.63) is 45.9 Å². The molecule has 23 heavy (non-hydrogen) atoms. The Morgan fingerprint density at radius 3 is 2.74 bits per heavy atom. The Morgan fingerprint density at radius 2 is 2.09 bits per heavy atom. The van der Waals surface area contributed by atoms with Crippen molar-refractivity contribution in [2.45, 2.75) is 26.4 Å². The van der Waals surface area contributed by atoms with Crippen LogP contribution in [0.25, 0.3) is 0 Å². The van der Waals surface area contributed by atoms with Crippen LogP contribution < -0.4 is 15.8 Å². The molecule has 1 unspecified atom stereocenters. The highest BCUT2D eigenvalue weighted by atomic mass is 35.5. The van der Waals surface area contributed by atoms with Crippen molar-refractivity contribution in [3.8, 4) is 5.75 Å². The van der Waals surface area contributed by atoms with Gasteiger partial charge in [-0.25, -0.2) is 4.98 Å². The fraction of sp³-hybridized carbons (Fsp3) is 0.375. The van der Waals surface area contributed by atoms with Crippen molar-refractivity contribution < 1.29 is 9.53 Å². The van der Waals surface area contributed by atoms with Crippen molar-refractivity contribution in [2.24, 2.45) is 5.73 Å². The Bertz CT molecular complexity index is 616. The summed E-state index contributed by atoms with van der Waals surface area (Å²) in [7, 11) is 0. The van der Waals surface area contributed by atoms with Gasteiger partial charge in [0.2, 0.25) is 0 Å². The summed E-state index contributed by atoms with van der Waals surface area (Å²) in [6, 6.07) is 7.84. The number of carbonyl (C=O) groups is 1. The Kier molecular flexibility index (Phi) is 8.02. The zero-order valence-electron chi connectivity index (χ0n) is 13.2. The van der Waals surface area contributed by atoms with Gasteiger partial charge < -0.3 is 15.8 Å². The molecule has 2 rings (SSSR count). The molecule has 1 aromatic heterocycles. The maximum Gasteiger partial charge on any atom is 0.270 e. The Balaban J connectivity index is 0.00000264. The van der Waals surface area contributed by atoms with E-state index in [1.165, 1.54) is 16.9 Å². The number of amides is 1. The molecule has 0 aliphatic heterocycles. The minimum absolute atomic E-state index is 0. The molecule has 0 fully saturated rings. The van der Waals surface area contributed by atoms with Gasteiger partial charge in [0.15, 0.2) is 0 Å². The number of ether oxygens (including phenoxy) is 1. The van der Waals surface area contributed by atoms with Crippen LogP contribution in [-0.4, -0.2) is 30.1 Å².